The smallest absolute Gasteiger partial charge is 0.258 e. The van der Waals surface area contributed by atoms with Gasteiger partial charge in [0.05, 0.1) is 12.7 Å². The van der Waals surface area contributed by atoms with Crippen LogP contribution in [-0.4, -0.2) is 28.4 Å². The summed E-state index contributed by atoms with van der Waals surface area (Å²) in [7, 11) is 0. The molecule has 0 spiro atoms. The quantitative estimate of drug-likeness (QED) is 0.702. The molecule has 1 aliphatic rings. The average Bonchev–Trinajstić information content (AvgIpc) is 2.13. The number of hydrogen-bond acceptors (Lipinski definition) is 2. The number of benzene rings is 1. The van der Waals surface area contributed by atoms with Crippen LogP contribution in [0.4, 0.5) is 0 Å². The van der Waals surface area contributed by atoms with Crippen LogP contribution in [0.2, 0.25) is 0 Å². The molecule has 3 heteroatoms. The highest BCUT2D eigenvalue weighted by molar-refractivity contribution is 6.32. The van der Waals surface area contributed by atoms with Gasteiger partial charge in [0.2, 0.25) is 0 Å². The van der Waals surface area contributed by atoms with Gasteiger partial charge in [0, 0.05) is 6.04 Å². The minimum absolute atomic E-state index is 0.379. The van der Waals surface area contributed by atoms with Gasteiger partial charge < -0.3 is 10.5 Å². The van der Waals surface area contributed by atoms with Crippen molar-refractivity contribution < 1.29 is 4.74 Å². The average molecular weight is 205 g/mol. The zero-order valence-electron chi connectivity index (χ0n) is 8.57. The van der Waals surface area contributed by atoms with E-state index in [9.17, 15) is 0 Å². The Hall–Kier alpha value is -0.328. The molecule has 2 nitrogen and oxygen atoms in total. The summed E-state index contributed by atoms with van der Waals surface area (Å²) >= 11 is 1.12. The molecular formula is C11H16AlNO. The highest BCUT2D eigenvalue weighted by atomic mass is 27.0. The van der Waals surface area contributed by atoms with Crippen LogP contribution in [0, 0.1) is 0 Å². The summed E-state index contributed by atoms with van der Waals surface area (Å²) in [5, 5.41) is 0. The van der Waals surface area contributed by atoms with E-state index in [1.807, 2.05) is 0 Å². The molecule has 0 atom stereocenters. The molecule has 0 bridgehead atoms. The van der Waals surface area contributed by atoms with E-state index in [1.54, 1.807) is 0 Å². The molecule has 2 rings (SSSR count). The van der Waals surface area contributed by atoms with Crippen LogP contribution in [0.1, 0.15) is 18.4 Å². The van der Waals surface area contributed by atoms with Crippen molar-refractivity contribution in [3.63, 3.8) is 0 Å². The van der Waals surface area contributed by atoms with Crippen molar-refractivity contribution in [2.45, 2.75) is 31.6 Å². The van der Waals surface area contributed by atoms with Crippen LogP contribution in [0.3, 0.4) is 0 Å². The maximum atomic E-state index is 5.71. The topological polar surface area (TPSA) is 35.2 Å². The summed E-state index contributed by atoms with van der Waals surface area (Å²) in [4.78, 5) is 0. The second-order valence-electron chi connectivity index (χ2n) is 4.15. The Morgan fingerprint density at radius 3 is 2.50 bits per heavy atom. The Kier molecular flexibility index (Phi) is 3.25. The summed E-state index contributed by atoms with van der Waals surface area (Å²) < 4.78 is 7.14. The number of rotatable bonds is 3. The van der Waals surface area contributed by atoms with Crippen LogP contribution in [-0.2, 0) is 11.3 Å². The minimum Gasteiger partial charge on any atom is -0.373 e. The highest BCUT2D eigenvalue weighted by Crippen LogP contribution is 2.22. The maximum Gasteiger partial charge on any atom is 0.258 e. The molecule has 1 aromatic carbocycles. The summed E-state index contributed by atoms with van der Waals surface area (Å²) in [5.41, 5.74) is 6.95. The fraction of sp³-hybridized carbons (Fsp3) is 0.455. The van der Waals surface area contributed by atoms with E-state index >= 15 is 0 Å². The lowest BCUT2D eigenvalue weighted by molar-refractivity contribution is -0.0188. The lowest BCUT2D eigenvalue weighted by Crippen LogP contribution is -2.41. The van der Waals surface area contributed by atoms with Gasteiger partial charge in [0.25, 0.3) is 16.3 Å². The third-order valence-corrected chi connectivity index (χ3v) is 3.40. The van der Waals surface area contributed by atoms with Crippen LogP contribution >= 0.6 is 0 Å². The first-order valence-corrected chi connectivity index (χ1v) is 6.17. The molecule has 1 saturated carbocycles. The molecule has 1 aliphatic carbocycles. The molecule has 0 unspecified atom stereocenters. The Morgan fingerprint density at radius 1 is 1.29 bits per heavy atom. The Labute approximate surface area is 92.9 Å². The second kappa shape index (κ2) is 4.46. The first-order valence-electron chi connectivity index (χ1n) is 5.17. The van der Waals surface area contributed by atoms with Gasteiger partial charge in [0.15, 0.2) is 0 Å². The molecule has 1 aromatic rings. The van der Waals surface area contributed by atoms with Crippen molar-refractivity contribution in [2.75, 3.05) is 0 Å². The standard InChI is InChI=1S/C11H14NO.Al.2H/c12-10-6-11(7-10)13-8-9-4-2-1-3-5-9;;;/h2-5,10-11H,6-8,12H2;;;. The van der Waals surface area contributed by atoms with Gasteiger partial charge in [-0.05, 0) is 18.4 Å². The van der Waals surface area contributed by atoms with Crippen molar-refractivity contribution in [2.24, 2.45) is 5.73 Å². The summed E-state index contributed by atoms with van der Waals surface area (Å²) in [6.07, 6.45) is 2.46. The van der Waals surface area contributed by atoms with E-state index in [-0.39, 0.29) is 0 Å². The monoisotopic (exact) mass is 205 g/mol. The third kappa shape index (κ3) is 2.59. The van der Waals surface area contributed by atoms with Gasteiger partial charge in [-0.1, -0.05) is 24.3 Å². The van der Waals surface area contributed by atoms with Crippen molar-refractivity contribution in [1.29, 1.82) is 0 Å². The molecular weight excluding hydrogens is 189 g/mol. The van der Waals surface area contributed by atoms with Crippen molar-refractivity contribution in [3.8, 4) is 0 Å². The molecule has 0 amide bonds. The minimum atomic E-state index is 0.379. The number of ether oxygens (including phenoxy) is 1. The first-order chi connectivity index (χ1) is 6.74. The third-order valence-electron chi connectivity index (χ3n) is 2.74. The van der Waals surface area contributed by atoms with Crippen molar-refractivity contribution in [3.05, 3.63) is 29.8 Å². The van der Waals surface area contributed by atoms with Crippen molar-refractivity contribution in [1.82, 2.24) is 0 Å². The van der Waals surface area contributed by atoms with E-state index in [4.69, 9.17) is 10.5 Å². The van der Waals surface area contributed by atoms with Gasteiger partial charge in [-0.25, -0.2) is 0 Å². The molecule has 0 heterocycles. The van der Waals surface area contributed by atoms with Gasteiger partial charge in [0.1, 0.15) is 0 Å². The molecule has 74 valence electrons. The SMILES string of the molecule is NC1CC(OCc2cc[c]([AlH2])cc2)C1. The van der Waals surface area contributed by atoms with Crippen LogP contribution in [0.15, 0.2) is 24.3 Å². The van der Waals surface area contributed by atoms with E-state index < -0.39 is 0 Å². The summed E-state index contributed by atoms with van der Waals surface area (Å²) in [5.74, 6) is 0. The van der Waals surface area contributed by atoms with Gasteiger partial charge in [-0.3, -0.25) is 0 Å². The predicted octanol–water partition coefficient (Wildman–Crippen LogP) is -0.0487. The molecule has 2 N–H and O–H groups in total. The lowest BCUT2D eigenvalue weighted by Gasteiger charge is -2.32. The van der Waals surface area contributed by atoms with Crippen LogP contribution in [0.25, 0.3) is 0 Å². The first kappa shape index (κ1) is 10.2. The van der Waals surface area contributed by atoms with E-state index in [0.29, 0.717) is 12.1 Å². The van der Waals surface area contributed by atoms with Crippen LogP contribution < -0.4 is 10.2 Å². The molecule has 0 aromatic heterocycles. The Morgan fingerprint density at radius 2 is 1.93 bits per heavy atom. The van der Waals surface area contributed by atoms with E-state index in [0.717, 1.165) is 35.7 Å². The van der Waals surface area contributed by atoms with Gasteiger partial charge in [-0.2, -0.15) is 0 Å². The predicted molar refractivity (Wildman–Crippen MR) is 60.4 cm³/mol. The number of nitrogens with two attached hydrogens (primary N) is 1. The molecule has 0 saturated heterocycles. The fourth-order valence-corrected chi connectivity index (χ4v) is 1.97. The van der Waals surface area contributed by atoms with E-state index in [2.05, 4.69) is 24.3 Å². The molecule has 1 fully saturated rings. The second-order valence-corrected chi connectivity index (χ2v) is 5.30. The zero-order valence-corrected chi connectivity index (χ0v) is 10.6. The van der Waals surface area contributed by atoms with Gasteiger partial charge in [-0.15, -0.1) is 4.43 Å². The van der Waals surface area contributed by atoms with Crippen LogP contribution in [0.5, 0.6) is 0 Å². The number of hydrogen-bond donors (Lipinski definition) is 1. The molecule has 0 radical (unpaired) electrons. The van der Waals surface area contributed by atoms with Crippen molar-refractivity contribution >= 4 is 20.7 Å². The summed E-state index contributed by atoms with van der Waals surface area (Å²) in [6.45, 7) is 0.735. The highest BCUT2D eigenvalue weighted by Gasteiger charge is 2.26. The lowest BCUT2D eigenvalue weighted by atomic mass is 9.90. The Bertz CT molecular complexity index is 293. The zero-order chi connectivity index (χ0) is 9.97. The Balaban J connectivity index is 1.78. The normalized spacial score (nSPS) is 25.8. The maximum absolute atomic E-state index is 5.71. The summed E-state index contributed by atoms with van der Waals surface area (Å²) in [6, 6.07) is 9.04. The van der Waals surface area contributed by atoms with Gasteiger partial charge >= 0.3 is 0 Å². The fourth-order valence-electron chi connectivity index (χ4n) is 1.64. The van der Waals surface area contributed by atoms with E-state index in [1.165, 1.54) is 9.99 Å². The molecule has 0 aliphatic heterocycles. The largest absolute Gasteiger partial charge is 0.373 e. The molecule has 14 heavy (non-hydrogen) atoms.